The van der Waals surface area contributed by atoms with Crippen molar-refractivity contribution >= 4 is 33.8 Å². The van der Waals surface area contributed by atoms with E-state index in [1.165, 1.54) is 18.6 Å². The van der Waals surface area contributed by atoms with Crippen LogP contribution in [0.4, 0.5) is 4.39 Å². The van der Waals surface area contributed by atoms with Crippen LogP contribution in [-0.2, 0) is 11.2 Å². The van der Waals surface area contributed by atoms with Gasteiger partial charge in [0, 0.05) is 40.6 Å². The van der Waals surface area contributed by atoms with Gasteiger partial charge in [0.05, 0.1) is 22.4 Å². The van der Waals surface area contributed by atoms with E-state index in [4.69, 9.17) is 9.97 Å². The summed E-state index contributed by atoms with van der Waals surface area (Å²) in [6.45, 7) is 0. The molecule has 0 aliphatic heterocycles. The van der Waals surface area contributed by atoms with E-state index in [0.29, 0.717) is 22.3 Å². The third-order valence-electron chi connectivity index (χ3n) is 7.77. The van der Waals surface area contributed by atoms with E-state index in [-0.39, 0.29) is 18.2 Å². The molecule has 1 aliphatic rings. The fourth-order valence-corrected chi connectivity index (χ4v) is 5.65. The molecule has 8 heteroatoms. The number of aliphatic carboxylic acids is 1. The van der Waals surface area contributed by atoms with Gasteiger partial charge in [-0.3, -0.25) is 4.79 Å². The number of carboxylic acids is 1. The Morgan fingerprint density at radius 1 is 0.975 bits per heavy atom. The Morgan fingerprint density at radius 2 is 1.75 bits per heavy atom. The van der Waals surface area contributed by atoms with E-state index >= 15 is 0 Å². The van der Waals surface area contributed by atoms with Crippen molar-refractivity contribution in [2.24, 2.45) is 0 Å². The van der Waals surface area contributed by atoms with Crippen LogP contribution in [0.2, 0.25) is 0 Å². The second kappa shape index (κ2) is 10.9. The summed E-state index contributed by atoms with van der Waals surface area (Å²) < 4.78 is 13.7. The summed E-state index contributed by atoms with van der Waals surface area (Å²) in [5, 5.41) is 13.5. The topological polar surface area (TPSA) is 108 Å². The molecule has 1 amide bonds. The molecule has 2 heterocycles. The fourth-order valence-electron chi connectivity index (χ4n) is 5.65. The smallest absolute Gasteiger partial charge is 0.326 e. The van der Waals surface area contributed by atoms with Crippen molar-refractivity contribution < 1.29 is 19.1 Å². The average Bonchev–Trinajstić information content (AvgIpc) is 3.39. The molecule has 1 atom stereocenters. The maximum absolute atomic E-state index is 13.7. The summed E-state index contributed by atoms with van der Waals surface area (Å²) in [5.74, 6) is -1.67. The number of nitrogens with zero attached hydrogens (tertiary/aromatic N) is 2. The van der Waals surface area contributed by atoms with Crippen molar-refractivity contribution in [1.29, 1.82) is 0 Å². The number of aromatic amines is 1. The van der Waals surface area contributed by atoms with Crippen molar-refractivity contribution in [3.05, 3.63) is 95.6 Å². The van der Waals surface area contributed by atoms with Crippen LogP contribution in [0.5, 0.6) is 0 Å². The predicted octanol–water partition coefficient (Wildman–Crippen LogP) is 6.39. The van der Waals surface area contributed by atoms with Gasteiger partial charge in [0.1, 0.15) is 11.9 Å². The molecule has 0 bridgehead atoms. The molecule has 0 spiro atoms. The number of para-hydroxylation sites is 1. The van der Waals surface area contributed by atoms with Gasteiger partial charge in [-0.15, -0.1) is 0 Å². The Hall–Kier alpha value is -4.59. The van der Waals surface area contributed by atoms with Crippen LogP contribution < -0.4 is 5.32 Å². The zero-order valence-electron chi connectivity index (χ0n) is 21.9. The number of benzene rings is 3. The summed E-state index contributed by atoms with van der Waals surface area (Å²) in [6, 6.07) is 17.8. The highest BCUT2D eigenvalue weighted by Gasteiger charge is 2.25. The van der Waals surface area contributed by atoms with Gasteiger partial charge >= 0.3 is 5.97 Å². The van der Waals surface area contributed by atoms with Gasteiger partial charge in [0.15, 0.2) is 0 Å². The Kier molecular flexibility index (Phi) is 6.99. The van der Waals surface area contributed by atoms with Gasteiger partial charge in [0.25, 0.3) is 5.91 Å². The highest BCUT2D eigenvalue weighted by molar-refractivity contribution is 5.99. The molecular formula is C32H29FN4O3. The Morgan fingerprint density at radius 3 is 2.52 bits per heavy atom. The minimum absolute atomic E-state index is 0.137. The Bertz CT molecular complexity index is 1710. The van der Waals surface area contributed by atoms with Crippen molar-refractivity contribution in [3.63, 3.8) is 0 Å². The van der Waals surface area contributed by atoms with Crippen LogP contribution >= 0.6 is 0 Å². The van der Waals surface area contributed by atoms with E-state index in [1.54, 1.807) is 36.5 Å². The number of carbonyl (C=O) groups is 2. The quantitative estimate of drug-likeness (QED) is 0.223. The van der Waals surface area contributed by atoms with Gasteiger partial charge in [-0.1, -0.05) is 37.5 Å². The van der Waals surface area contributed by atoms with E-state index < -0.39 is 17.9 Å². The van der Waals surface area contributed by atoms with E-state index in [0.717, 1.165) is 53.4 Å². The summed E-state index contributed by atoms with van der Waals surface area (Å²) >= 11 is 0. The van der Waals surface area contributed by atoms with Gasteiger partial charge in [-0.2, -0.15) is 0 Å². The Balaban J connectivity index is 1.31. The molecule has 40 heavy (non-hydrogen) atoms. The molecule has 6 rings (SSSR count). The first-order chi connectivity index (χ1) is 19.5. The summed E-state index contributed by atoms with van der Waals surface area (Å²) in [4.78, 5) is 38.4. The highest BCUT2D eigenvalue weighted by atomic mass is 19.1. The lowest BCUT2D eigenvalue weighted by Gasteiger charge is -2.23. The molecule has 0 unspecified atom stereocenters. The number of H-pyrrole nitrogens is 1. The zero-order chi connectivity index (χ0) is 27.6. The minimum Gasteiger partial charge on any atom is -0.480 e. The average molecular weight is 537 g/mol. The van der Waals surface area contributed by atoms with Crippen LogP contribution in [0, 0.1) is 5.82 Å². The first-order valence-electron chi connectivity index (χ1n) is 13.6. The molecule has 1 aliphatic carbocycles. The number of fused-ring (bicyclic) bond motifs is 2. The normalized spacial score (nSPS) is 14.8. The first-order valence-corrected chi connectivity index (χ1v) is 13.6. The zero-order valence-corrected chi connectivity index (χ0v) is 21.9. The molecule has 0 saturated heterocycles. The predicted molar refractivity (Wildman–Crippen MR) is 152 cm³/mol. The monoisotopic (exact) mass is 536 g/mol. The van der Waals surface area contributed by atoms with Crippen molar-refractivity contribution in [2.45, 2.75) is 50.5 Å². The summed E-state index contributed by atoms with van der Waals surface area (Å²) in [6.07, 6.45) is 7.45. The van der Waals surface area contributed by atoms with Crippen molar-refractivity contribution in [1.82, 2.24) is 20.3 Å². The third kappa shape index (κ3) is 5.17. The van der Waals surface area contributed by atoms with E-state index in [9.17, 15) is 19.1 Å². The molecule has 3 aromatic carbocycles. The molecule has 2 aromatic heterocycles. The first kappa shape index (κ1) is 25.7. The molecule has 5 aromatic rings. The number of rotatable bonds is 7. The largest absolute Gasteiger partial charge is 0.480 e. The Labute approximate surface area is 230 Å². The molecule has 0 radical (unpaired) electrons. The third-order valence-corrected chi connectivity index (χ3v) is 7.77. The number of hydrogen-bond acceptors (Lipinski definition) is 4. The maximum Gasteiger partial charge on any atom is 0.326 e. The molecule has 1 fully saturated rings. The number of amides is 1. The highest BCUT2D eigenvalue weighted by Crippen LogP contribution is 2.37. The van der Waals surface area contributed by atoms with Gasteiger partial charge in [0.2, 0.25) is 0 Å². The molecule has 3 N–H and O–H groups in total. The lowest BCUT2D eigenvalue weighted by Crippen LogP contribution is -2.42. The molecule has 7 nitrogen and oxygen atoms in total. The van der Waals surface area contributed by atoms with Crippen molar-refractivity contribution in [3.8, 4) is 11.3 Å². The second-order valence-electron chi connectivity index (χ2n) is 10.4. The van der Waals surface area contributed by atoms with Crippen LogP contribution in [0.3, 0.4) is 0 Å². The van der Waals surface area contributed by atoms with Crippen LogP contribution in [0.25, 0.3) is 33.2 Å². The van der Waals surface area contributed by atoms with E-state index in [2.05, 4.69) is 10.3 Å². The minimum atomic E-state index is -1.12. The SMILES string of the molecule is O=C(N[C@@H](Cc1c[nH]c2ccccc12)C(=O)O)c1ccc2nc(C3CCCCC3)c(-c3ccc(F)cc3)nc2c1. The van der Waals surface area contributed by atoms with E-state index in [1.807, 2.05) is 24.3 Å². The van der Waals surface area contributed by atoms with Crippen molar-refractivity contribution in [2.75, 3.05) is 0 Å². The fraction of sp³-hybridized carbons (Fsp3) is 0.250. The van der Waals surface area contributed by atoms with Crippen LogP contribution in [-0.4, -0.2) is 38.0 Å². The lowest BCUT2D eigenvalue weighted by molar-refractivity contribution is -0.139. The standard InChI is InChI=1S/C32H29FN4O3/c33-23-13-10-20(11-14-23)30-29(19-6-2-1-3-7-19)35-26-15-12-21(16-27(26)36-30)31(38)37-28(32(39)40)17-22-18-34-25-9-5-4-8-24(22)25/h4-5,8-16,18-19,28,34H,1-3,6-7,17H2,(H,37,38)(H,39,40)/t28-/m0/s1. The molecule has 202 valence electrons. The number of carboxylic acid groups (broad SMARTS) is 1. The molecular weight excluding hydrogens is 507 g/mol. The van der Waals surface area contributed by atoms with Crippen LogP contribution in [0.1, 0.15) is 59.6 Å². The number of carbonyl (C=O) groups excluding carboxylic acids is 1. The van der Waals surface area contributed by atoms with Gasteiger partial charge < -0.3 is 15.4 Å². The van der Waals surface area contributed by atoms with Crippen LogP contribution in [0.15, 0.2) is 72.9 Å². The second-order valence-corrected chi connectivity index (χ2v) is 10.4. The van der Waals surface area contributed by atoms with Gasteiger partial charge in [-0.25, -0.2) is 19.2 Å². The number of aromatic nitrogens is 3. The maximum atomic E-state index is 13.7. The number of nitrogens with one attached hydrogen (secondary N) is 2. The van der Waals surface area contributed by atoms with Gasteiger partial charge in [-0.05, 0) is 66.9 Å². The molecule has 1 saturated carbocycles. The summed E-state index contributed by atoms with van der Waals surface area (Å²) in [7, 11) is 0. The lowest BCUT2D eigenvalue weighted by atomic mass is 9.85. The summed E-state index contributed by atoms with van der Waals surface area (Å²) in [5.41, 5.74) is 5.57. The number of hydrogen-bond donors (Lipinski definition) is 3. The number of halogens is 1.